The van der Waals surface area contributed by atoms with Gasteiger partial charge in [0.05, 0.1) is 0 Å². The number of carboxylic acid groups (broad SMARTS) is 2. The molecular weight excluding hydrogens is 160 g/mol. The molecule has 0 rings (SSSR count). The average molecular weight is 168 g/mol. The quantitative estimate of drug-likeness (QED) is 0.258. The fourth-order valence-corrected chi connectivity index (χ4v) is 0. The summed E-state index contributed by atoms with van der Waals surface area (Å²) in [7, 11) is 0. The van der Waals surface area contributed by atoms with Crippen LogP contribution in [0.15, 0.2) is 0 Å². The molecule has 0 fully saturated rings. The summed E-state index contributed by atoms with van der Waals surface area (Å²) in [6.45, 7) is -1.00. The topological polar surface area (TPSA) is 175 Å². The molecule has 0 aromatic heterocycles. The van der Waals surface area contributed by atoms with Crippen molar-refractivity contribution in [1.82, 2.24) is 0 Å². The van der Waals surface area contributed by atoms with Crippen LogP contribution in [0, 0.1) is 0 Å². The first-order chi connectivity index (χ1) is 2.83. The van der Waals surface area contributed by atoms with Crippen molar-refractivity contribution in [2.75, 3.05) is 0 Å². The Morgan fingerprint density at radius 1 is 0.800 bits per heavy atom. The fraction of sp³-hybridized carbons (Fsp3) is 0. The van der Waals surface area contributed by atoms with Crippen LogP contribution in [0.1, 0.15) is 0 Å². The summed E-state index contributed by atoms with van der Waals surface area (Å²) in [6.07, 6.45) is 0. The smallest absolute Gasteiger partial charge is 0.554 e. The normalized spacial score (nSPS) is 2.40. The summed E-state index contributed by atoms with van der Waals surface area (Å²) in [4.78, 5) is 16.5. The molecule has 7 nitrogen and oxygen atoms in total. The molecule has 6 N–H and O–H groups in total. The molecule has 60 valence electrons. The zero-order valence-corrected chi connectivity index (χ0v) is 6.41. The molecule has 10 heavy (non-hydrogen) atoms. The Bertz CT molecular complexity index is 32.6. The molecule has 0 amide bonds. The molecule has 0 saturated carbocycles. The second kappa shape index (κ2) is 196. The van der Waals surface area contributed by atoms with Gasteiger partial charge in [-0.05, 0) is 0 Å². The van der Waals surface area contributed by atoms with Crippen molar-refractivity contribution in [2.45, 2.75) is 0 Å². The van der Waals surface area contributed by atoms with E-state index in [4.69, 9.17) is 19.8 Å². The van der Waals surface area contributed by atoms with Gasteiger partial charge in [-0.2, -0.15) is 0 Å². The maximum atomic E-state index is 8.25. The van der Waals surface area contributed by atoms with Gasteiger partial charge < -0.3 is 36.2 Å². The summed E-state index contributed by atoms with van der Waals surface area (Å²) in [6, 6.07) is 0. The Hall–Kier alpha value is -0.414. The van der Waals surface area contributed by atoms with E-state index in [1.54, 1.807) is 0 Å². The van der Waals surface area contributed by atoms with Gasteiger partial charge in [-0.1, -0.05) is 0 Å². The molecule has 0 bridgehead atoms. The van der Waals surface area contributed by atoms with Crippen molar-refractivity contribution in [2.24, 2.45) is 0 Å². The third-order valence-corrected chi connectivity index (χ3v) is 0. The van der Waals surface area contributed by atoms with E-state index in [0.717, 1.165) is 0 Å². The van der Waals surface area contributed by atoms with Gasteiger partial charge in [0.1, 0.15) is 0 Å². The Labute approximate surface area is 72.7 Å². The van der Waals surface area contributed by atoms with Crippen molar-refractivity contribution >= 4 is 36.0 Å². The van der Waals surface area contributed by atoms with Crippen LogP contribution in [-0.4, -0.2) is 52.4 Å². The van der Waals surface area contributed by atoms with E-state index in [-0.39, 0.29) is 39.5 Å². The number of hydrogen-bond acceptors (Lipinski definition) is 4. The summed E-state index contributed by atoms with van der Waals surface area (Å²) in [5.41, 5.74) is 0. The van der Waals surface area contributed by atoms with Crippen LogP contribution in [0.25, 0.3) is 0 Å². The Morgan fingerprint density at radius 2 is 0.800 bits per heavy atom. The molecule has 0 aliphatic carbocycles. The van der Waals surface area contributed by atoms with Crippen LogP contribution < -0.4 is 10.2 Å². The van der Waals surface area contributed by atoms with E-state index in [2.05, 4.69) is 0 Å². The third kappa shape index (κ3) is 1920. The van der Waals surface area contributed by atoms with Crippen LogP contribution in [0.5, 0.6) is 0 Å². The molecule has 0 heterocycles. The van der Waals surface area contributed by atoms with Gasteiger partial charge in [-0.3, -0.25) is 0 Å². The van der Waals surface area contributed by atoms with Crippen LogP contribution in [0.3, 0.4) is 0 Å². The average Bonchev–Trinajstić information content (AvgIpc) is 1.39. The molecule has 0 spiro atoms. The van der Waals surface area contributed by atoms with E-state index in [1.807, 2.05) is 0 Å². The molecule has 0 saturated heterocycles. The third-order valence-electron chi connectivity index (χ3n) is 0. The standard InChI is InChI=1S/2CH2O2.Mg.3H2O/c2*2-1-3;;;;/h2*1H,(H,2,3);;3*1H2/q;;+2;;;/p-2. The monoisotopic (exact) mass is 168 g/mol. The van der Waals surface area contributed by atoms with E-state index >= 15 is 0 Å². The van der Waals surface area contributed by atoms with Gasteiger partial charge in [0.2, 0.25) is 0 Å². The van der Waals surface area contributed by atoms with Gasteiger partial charge >= 0.3 is 23.1 Å². The fourth-order valence-electron chi connectivity index (χ4n) is 0. The van der Waals surface area contributed by atoms with Crippen molar-refractivity contribution in [3.05, 3.63) is 0 Å². The first-order valence-corrected chi connectivity index (χ1v) is 0.943. The summed E-state index contributed by atoms with van der Waals surface area (Å²) < 4.78 is 0. The van der Waals surface area contributed by atoms with E-state index < -0.39 is 12.9 Å². The minimum Gasteiger partial charge on any atom is -0.554 e. The molecule has 0 aliphatic heterocycles. The first-order valence-electron chi connectivity index (χ1n) is 0.943. The van der Waals surface area contributed by atoms with Gasteiger partial charge in [0.15, 0.2) is 0 Å². The van der Waals surface area contributed by atoms with Gasteiger partial charge in [-0.15, -0.1) is 0 Å². The minimum atomic E-state index is -0.500. The second-order valence-electron chi connectivity index (χ2n) is 0.192. The maximum Gasteiger partial charge on any atom is 2.00 e. The molecule has 0 unspecified atom stereocenters. The Kier molecular flexibility index (Phi) is 1080. The summed E-state index contributed by atoms with van der Waals surface area (Å²) >= 11 is 0. The molecule has 0 aromatic carbocycles. The van der Waals surface area contributed by atoms with Gasteiger partial charge in [0.25, 0.3) is 0 Å². The van der Waals surface area contributed by atoms with E-state index in [0.29, 0.717) is 0 Å². The maximum absolute atomic E-state index is 8.25. The molecule has 0 atom stereocenters. The zero-order chi connectivity index (χ0) is 5.41. The number of hydrogen-bond donors (Lipinski definition) is 0. The second-order valence-corrected chi connectivity index (χ2v) is 0.192. The largest absolute Gasteiger partial charge is 2.00 e. The molecule has 8 heteroatoms. The van der Waals surface area contributed by atoms with Gasteiger partial charge in [-0.25, -0.2) is 0 Å². The van der Waals surface area contributed by atoms with Crippen LogP contribution in [0.2, 0.25) is 0 Å². The molecule has 0 aliphatic rings. The van der Waals surface area contributed by atoms with Crippen LogP contribution >= 0.6 is 0 Å². The SMILES string of the molecule is O.O.O.O=C[O-].O=C[O-].[Mg+2]. The molecule has 0 radical (unpaired) electrons. The predicted octanol–water partition coefficient (Wildman–Crippen LogP) is -6.12. The van der Waals surface area contributed by atoms with E-state index in [9.17, 15) is 0 Å². The zero-order valence-electron chi connectivity index (χ0n) is 4.99. The summed E-state index contributed by atoms with van der Waals surface area (Å²) in [5.74, 6) is 0. The van der Waals surface area contributed by atoms with Gasteiger partial charge in [0, 0.05) is 12.9 Å². The number of carbonyl (C=O) groups is 2. The van der Waals surface area contributed by atoms with E-state index in [1.165, 1.54) is 0 Å². The van der Waals surface area contributed by atoms with Crippen molar-refractivity contribution in [3.63, 3.8) is 0 Å². The van der Waals surface area contributed by atoms with Crippen LogP contribution in [0.4, 0.5) is 0 Å². The van der Waals surface area contributed by atoms with Crippen molar-refractivity contribution in [1.29, 1.82) is 0 Å². The Balaban J connectivity index is -0.00000000571. The summed E-state index contributed by atoms with van der Waals surface area (Å²) in [5, 5.41) is 16.5. The Morgan fingerprint density at radius 3 is 0.800 bits per heavy atom. The first kappa shape index (κ1) is 55.0. The minimum absolute atomic E-state index is 0. The van der Waals surface area contributed by atoms with Crippen molar-refractivity contribution < 1.29 is 36.2 Å². The number of rotatable bonds is 0. The number of carbonyl (C=O) groups excluding carboxylic acids is 2. The predicted molar refractivity (Wildman–Crippen MR) is 28.7 cm³/mol. The molecule has 0 aromatic rings. The molecular formula is C2H8MgO7. The van der Waals surface area contributed by atoms with Crippen molar-refractivity contribution in [3.8, 4) is 0 Å². The van der Waals surface area contributed by atoms with Crippen LogP contribution in [-0.2, 0) is 9.59 Å².